The van der Waals surface area contributed by atoms with Crippen LogP contribution in [-0.4, -0.2) is 0 Å². The Hall–Kier alpha value is -7.22. The van der Waals surface area contributed by atoms with Crippen molar-refractivity contribution in [3.63, 3.8) is 0 Å². The van der Waals surface area contributed by atoms with E-state index in [2.05, 4.69) is 245 Å². The van der Waals surface area contributed by atoms with Crippen molar-refractivity contribution < 1.29 is 0 Å². The van der Waals surface area contributed by atoms with Gasteiger partial charge in [0.25, 0.3) is 0 Å². The normalized spacial score (nSPS) is 15.2. The topological polar surface area (TPSA) is 3.24 Å². The largest absolute Gasteiger partial charge is 0.310 e. The van der Waals surface area contributed by atoms with Crippen molar-refractivity contribution in [3.05, 3.63) is 257 Å². The van der Waals surface area contributed by atoms with E-state index in [0.717, 1.165) is 17.1 Å². The van der Waals surface area contributed by atoms with Crippen LogP contribution in [0.4, 0.5) is 17.1 Å². The highest BCUT2D eigenvalue weighted by Gasteiger charge is 2.47. The third kappa shape index (κ3) is 5.03. The molecule has 0 bridgehead atoms. The molecule has 0 heterocycles. The van der Waals surface area contributed by atoms with Crippen molar-refractivity contribution >= 4 is 17.1 Å². The van der Waals surface area contributed by atoms with Gasteiger partial charge >= 0.3 is 0 Å². The molecule has 0 radical (unpaired) electrons. The summed E-state index contributed by atoms with van der Waals surface area (Å²) in [5.41, 5.74) is 23.8. The molecule has 0 atom stereocenters. The second kappa shape index (κ2) is 13.4. The van der Waals surface area contributed by atoms with Crippen LogP contribution in [0.5, 0.6) is 0 Å². The fourth-order valence-corrected chi connectivity index (χ4v) is 11.7. The number of benzene rings is 9. The Balaban J connectivity index is 1.07. The van der Waals surface area contributed by atoms with Gasteiger partial charge in [0.1, 0.15) is 0 Å². The molecule has 3 aliphatic carbocycles. The van der Waals surface area contributed by atoms with E-state index in [0.29, 0.717) is 0 Å². The van der Waals surface area contributed by atoms with Crippen LogP contribution in [0.2, 0.25) is 0 Å². The minimum absolute atomic E-state index is 0.126. The van der Waals surface area contributed by atoms with Crippen molar-refractivity contribution in [1.29, 1.82) is 0 Å². The summed E-state index contributed by atoms with van der Waals surface area (Å²) in [4.78, 5) is 2.50. The van der Waals surface area contributed by atoms with Gasteiger partial charge in [0.15, 0.2) is 0 Å². The van der Waals surface area contributed by atoms with Crippen molar-refractivity contribution in [2.24, 2.45) is 0 Å². The Morgan fingerprint density at radius 1 is 0.290 bits per heavy atom. The highest BCUT2D eigenvalue weighted by atomic mass is 15.1. The summed E-state index contributed by atoms with van der Waals surface area (Å²) < 4.78 is 0. The predicted octanol–water partition coefficient (Wildman–Crippen LogP) is 15.8. The summed E-state index contributed by atoms with van der Waals surface area (Å²) in [7, 11) is 0. The number of hydrogen-bond acceptors (Lipinski definition) is 1. The minimum Gasteiger partial charge on any atom is -0.310 e. The van der Waals surface area contributed by atoms with Crippen molar-refractivity contribution in [3.8, 4) is 44.5 Å². The molecule has 296 valence electrons. The lowest BCUT2D eigenvalue weighted by Gasteiger charge is -2.34. The van der Waals surface area contributed by atoms with Gasteiger partial charge in [-0.25, -0.2) is 0 Å². The van der Waals surface area contributed by atoms with Crippen molar-refractivity contribution in [2.75, 3.05) is 4.90 Å². The maximum absolute atomic E-state index is 2.50. The molecule has 0 saturated carbocycles. The molecule has 0 aromatic heterocycles. The van der Waals surface area contributed by atoms with E-state index in [-0.39, 0.29) is 10.8 Å². The first-order chi connectivity index (χ1) is 30.3. The van der Waals surface area contributed by atoms with Gasteiger partial charge in [0, 0.05) is 27.9 Å². The third-order valence-corrected chi connectivity index (χ3v) is 14.5. The maximum atomic E-state index is 2.50. The summed E-state index contributed by atoms with van der Waals surface area (Å²) in [5, 5.41) is 0. The molecule has 1 nitrogen and oxygen atoms in total. The monoisotopic (exact) mass is 793 g/mol. The fourth-order valence-electron chi connectivity index (χ4n) is 11.7. The number of fused-ring (bicyclic) bond motifs is 9. The number of nitrogens with zero attached hydrogens (tertiary/aromatic N) is 1. The molecular formula is C61H47N. The Kier molecular flexibility index (Phi) is 7.91. The maximum Gasteiger partial charge on any atom is 0.0713 e. The van der Waals surface area contributed by atoms with Gasteiger partial charge in [0.05, 0.1) is 5.41 Å². The van der Waals surface area contributed by atoms with Crippen LogP contribution in [0.3, 0.4) is 0 Å². The first-order valence-corrected chi connectivity index (χ1v) is 22.0. The molecule has 9 aromatic carbocycles. The summed E-state index contributed by atoms with van der Waals surface area (Å²) in [5.74, 6) is 0. The average Bonchev–Trinajstić information content (AvgIpc) is 3.85. The molecule has 0 saturated heterocycles. The first kappa shape index (κ1) is 36.6. The van der Waals surface area contributed by atoms with E-state index in [1.165, 1.54) is 89.0 Å². The molecule has 9 aromatic rings. The molecular weight excluding hydrogens is 747 g/mol. The average molecular weight is 794 g/mol. The van der Waals surface area contributed by atoms with Crippen molar-refractivity contribution in [1.82, 2.24) is 0 Å². The zero-order valence-electron chi connectivity index (χ0n) is 35.7. The standard InChI is InChI=1S/C61H47N/c1-59(2)52-29-14-11-25-47(52)49-35-33-44(38-56(49)59)62(45-34-36-50-48-26-12-15-30-53(48)60(3,4)57(50)39-45)43-24-17-19-40(37-43)46-28-18-32-55-58(46)51-27-13-16-31-54(51)61(55,41-20-7-5-8-21-41)42-22-9-6-10-23-42/h5-39H,1-4H3. The summed E-state index contributed by atoms with van der Waals surface area (Å²) in [6.45, 7) is 9.50. The van der Waals surface area contributed by atoms with Crippen LogP contribution in [0.15, 0.2) is 212 Å². The van der Waals surface area contributed by atoms with Crippen LogP contribution in [0.25, 0.3) is 44.5 Å². The molecule has 0 fully saturated rings. The van der Waals surface area contributed by atoms with Crippen LogP contribution < -0.4 is 4.90 Å². The third-order valence-electron chi connectivity index (χ3n) is 14.5. The highest BCUT2D eigenvalue weighted by molar-refractivity contribution is 5.97. The fraction of sp³-hybridized carbons (Fsp3) is 0.115. The molecule has 3 aliphatic rings. The van der Waals surface area contributed by atoms with Gasteiger partial charge in [-0.2, -0.15) is 0 Å². The van der Waals surface area contributed by atoms with Gasteiger partial charge in [0.2, 0.25) is 0 Å². The summed E-state index contributed by atoms with van der Waals surface area (Å²) >= 11 is 0. The first-order valence-electron chi connectivity index (χ1n) is 22.0. The second-order valence-corrected chi connectivity index (χ2v) is 18.4. The molecule has 12 rings (SSSR count). The molecule has 62 heavy (non-hydrogen) atoms. The Morgan fingerprint density at radius 2 is 0.710 bits per heavy atom. The molecule has 0 N–H and O–H groups in total. The molecule has 1 heteroatoms. The van der Waals surface area contributed by atoms with E-state index in [1.807, 2.05) is 0 Å². The lowest BCUT2D eigenvalue weighted by molar-refractivity contribution is 0.660. The quantitative estimate of drug-likeness (QED) is 0.162. The predicted molar refractivity (Wildman–Crippen MR) is 259 cm³/mol. The Labute approximate surface area is 365 Å². The summed E-state index contributed by atoms with van der Waals surface area (Å²) in [6, 6.07) is 79.7. The van der Waals surface area contributed by atoms with E-state index < -0.39 is 5.41 Å². The Bertz CT molecular complexity index is 3090. The lowest BCUT2D eigenvalue weighted by Crippen LogP contribution is -2.28. The smallest absolute Gasteiger partial charge is 0.0713 e. The van der Waals surface area contributed by atoms with Crippen LogP contribution in [-0.2, 0) is 16.2 Å². The van der Waals surface area contributed by atoms with E-state index in [4.69, 9.17) is 0 Å². The van der Waals surface area contributed by atoms with Gasteiger partial charge in [-0.15, -0.1) is 0 Å². The molecule has 0 unspecified atom stereocenters. The summed E-state index contributed by atoms with van der Waals surface area (Å²) in [6.07, 6.45) is 0. The number of anilines is 3. The van der Waals surface area contributed by atoms with E-state index in [9.17, 15) is 0 Å². The SMILES string of the molecule is CC1(C)c2ccccc2-c2ccc(N(c3cccc(-c4cccc5c4-c4ccccc4C5(c4ccccc4)c4ccccc4)c3)c3ccc4c(c3)C(C)(C)c3ccccc3-4)cc21. The second-order valence-electron chi connectivity index (χ2n) is 18.4. The van der Waals surface area contributed by atoms with E-state index in [1.54, 1.807) is 0 Å². The molecule has 0 spiro atoms. The molecule has 0 amide bonds. The highest BCUT2D eigenvalue weighted by Crippen LogP contribution is 2.59. The van der Waals surface area contributed by atoms with Gasteiger partial charge in [-0.05, 0) is 125 Å². The van der Waals surface area contributed by atoms with Crippen LogP contribution in [0.1, 0.15) is 72.2 Å². The zero-order valence-corrected chi connectivity index (χ0v) is 35.7. The molecule has 0 aliphatic heterocycles. The van der Waals surface area contributed by atoms with Gasteiger partial charge < -0.3 is 4.90 Å². The minimum atomic E-state index is -0.461. The Morgan fingerprint density at radius 3 is 1.27 bits per heavy atom. The van der Waals surface area contributed by atoms with Crippen LogP contribution >= 0.6 is 0 Å². The number of rotatable bonds is 6. The van der Waals surface area contributed by atoms with Crippen LogP contribution in [0, 0.1) is 0 Å². The van der Waals surface area contributed by atoms with Gasteiger partial charge in [-0.1, -0.05) is 204 Å². The van der Waals surface area contributed by atoms with Crippen molar-refractivity contribution in [2.45, 2.75) is 43.9 Å². The lowest BCUT2D eigenvalue weighted by atomic mass is 9.67. The zero-order chi connectivity index (χ0) is 41.8. The van der Waals surface area contributed by atoms with Gasteiger partial charge in [-0.3, -0.25) is 0 Å². The van der Waals surface area contributed by atoms with E-state index >= 15 is 0 Å². The number of hydrogen-bond donors (Lipinski definition) is 0.